The van der Waals surface area contributed by atoms with Gasteiger partial charge in [0.25, 0.3) is 5.91 Å². The van der Waals surface area contributed by atoms with E-state index in [1.807, 2.05) is 48.5 Å². The first-order valence-corrected chi connectivity index (χ1v) is 10.2. The molecular formula is C26H21N3O3. The maximum atomic E-state index is 12.3. The van der Waals surface area contributed by atoms with Crippen molar-refractivity contribution in [2.75, 3.05) is 19.0 Å². The number of H-pyrrole nitrogens is 1. The first-order chi connectivity index (χ1) is 15.7. The second-order valence-corrected chi connectivity index (χ2v) is 7.37. The number of methoxy groups -OCH3 is 1. The SMILES string of the molecule is COc1ccccc1OCC(=O)Nc1ccc(-c2nc3cc4ccccc4cc3[nH]2)cc1. The van der Waals surface area contributed by atoms with Gasteiger partial charge in [0, 0.05) is 11.3 Å². The van der Waals surface area contributed by atoms with Gasteiger partial charge in [-0.3, -0.25) is 4.79 Å². The number of amides is 1. The minimum atomic E-state index is -0.251. The molecule has 0 aliphatic rings. The number of aromatic nitrogens is 2. The number of ether oxygens (including phenoxy) is 2. The van der Waals surface area contributed by atoms with Crippen LogP contribution in [0.25, 0.3) is 33.2 Å². The first kappa shape index (κ1) is 19.6. The number of nitrogens with zero attached hydrogens (tertiary/aromatic N) is 1. The molecule has 0 saturated carbocycles. The molecular weight excluding hydrogens is 402 g/mol. The molecule has 158 valence electrons. The van der Waals surface area contributed by atoms with Crippen molar-refractivity contribution in [1.29, 1.82) is 0 Å². The highest BCUT2D eigenvalue weighted by molar-refractivity contribution is 5.96. The number of hydrogen-bond acceptors (Lipinski definition) is 4. The van der Waals surface area contributed by atoms with E-state index in [4.69, 9.17) is 14.5 Å². The Morgan fingerprint density at radius 2 is 1.59 bits per heavy atom. The molecule has 0 aliphatic carbocycles. The van der Waals surface area contributed by atoms with Crippen molar-refractivity contribution in [1.82, 2.24) is 9.97 Å². The van der Waals surface area contributed by atoms with E-state index in [0.717, 1.165) is 27.8 Å². The molecule has 5 rings (SSSR count). The summed E-state index contributed by atoms with van der Waals surface area (Å²) < 4.78 is 10.8. The van der Waals surface area contributed by atoms with E-state index in [1.165, 1.54) is 5.39 Å². The standard InChI is InChI=1S/C26H21N3O3/c1-31-23-8-4-5-9-24(23)32-16-25(30)27-20-12-10-17(11-13-20)26-28-21-14-18-6-2-3-7-19(18)15-22(21)29-26/h2-15H,16H2,1H3,(H,27,30)(H,28,29). The lowest BCUT2D eigenvalue weighted by Gasteiger charge is -2.10. The Balaban J connectivity index is 1.27. The minimum absolute atomic E-state index is 0.112. The molecule has 1 heterocycles. The lowest BCUT2D eigenvalue weighted by atomic mass is 10.1. The molecule has 0 spiro atoms. The van der Waals surface area contributed by atoms with Crippen LogP contribution in [0.2, 0.25) is 0 Å². The summed E-state index contributed by atoms with van der Waals surface area (Å²) in [5, 5.41) is 5.17. The van der Waals surface area contributed by atoms with Crippen LogP contribution in [0.3, 0.4) is 0 Å². The van der Waals surface area contributed by atoms with Gasteiger partial charge in [0.15, 0.2) is 18.1 Å². The summed E-state index contributed by atoms with van der Waals surface area (Å²) in [5.41, 5.74) is 3.53. The topological polar surface area (TPSA) is 76.2 Å². The number of rotatable bonds is 6. The van der Waals surface area contributed by atoms with Crippen molar-refractivity contribution in [2.24, 2.45) is 0 Å². The monoisotopic (exact) mass is 423 g/mol. The van der Waals surface area contributed by atoms with Crippen LogP contribution in [0.1, 0.15) is 0 Å². The van der Waals surface area contributed by atoms with E-state index in [2.05, 4.69) is 34.6 Å². The molecule has 0 atom stereocenters. The third-order valence-corrected chi connectivity index (χ3v) is 5.22. The number of benzene rings is 4. The highest BCUT2D eigenvalue weighted by Crippen LogP contribution is 2.27. The molecule has 5 aromatic rings. The van der Waals surface area contributed by atoms with E-state index in [-0.39, 0.29) is 12.5 Å². The second-order valence-electron chi connectivity index (χ2n) is 7.37. The fourth-order valence-corrected chi connectivity index (χ4v) is 3.62. The average Bonchev–Trinajstić information content (AvgIpc) is 3.24. The van der Waals surface area contributed by atoms with Gasteiger partial charge < -0.3 is 19.8 Å². The zero-order valence-electron chi connectivity index (χ0n) is 17.5. The zero-order valence-corrected chi connectivity index (χ0v) is 17.5. The summed E-state index contributed by atoms with van der Waals surface area (Å²) in [4.78, 5) is 20.4. The Hall–Kier alpha value is -4.32. The Labute approximate surface area is 184 Å². The summed E-state index contributed by atoms with van der Waals surface area (Å²) in [7, 11) is 1.56. The smallest absolute Gasteiger partial charge is 0.262 e. The quantitative estimate of drug-likeness (QED) is 0.383. The Bertz CT molecular complexity index is 1350. The Morgan fingerprint density at radius 1 is 0.906 bits per heavy atom. The molecule has 1 amide bonds. The average molecular weight is 423 g/mol. The van der Waals surface area contributed by atoms with E-state index in [0.29, 0.717) is 17.2 Å². The predicted molar refractivity (Wildman–Crippen MR) is 126 cm³/mol. The van der Waals surface area contributed by atoms with Crippen molar-refractivity contribution in [3.63, 3.8) is 0 Å². The van der Waals surface area contributed by atoms with Crippen LogP contribution in [0.15, 0.2) is 84.9 Å². The zero-order chi connectivity index (χ0) is 21.9. The van der Waals surface area contributed by atoms with Gasteiger partial charge >= 0.3 is 0 Å². The van der Waals surface area contributed by atoms with Gasteiger partial charge in [-0.2, -0.15) is 0 Å². The van der Waals surface area contributed by atoms with Gasteiger partial charge in [-0.15, -0.1) is 0 Å². The molecule has 0 bridgehead atoms. The molecule has 0 aliphatic heterocycles. The van der Waals surface area contributed by atoms with Crippen molar-refractivity contribution >= 4 is 33.4 Å². The number of aromatic amines is 1. The molecule has 0 saturated heterocycles. The first-order valence-electron chi connectivity index (χ1n) is 10.2. The molecule has 6 heteroatoms. The molecule has 6 nitrogen and oxygen atoms in total. The fraction of sp³-hybridized carbons (Fsp3) is 0.0769. The number of nitrogens with one attached hydrogen (secondary N) is 2. The van der Waals surface area contributed by atoms with Gasteiger partial charge in [0.1, 0.15) is 5.82 Å². The summed E-state index contributed by atoms with van der Waals surface area (Å²) in [6, 6.07) is 27.2. The lowest BCUT2D eigenvalue weighted by Crippen LogP contribution is -2.20. The summed E-state index contributed by atoms with van der Waals surface area (Å²) >= 11 is 0. The molecule has 4 aromatic carbocycles. The van der Waals surface area contributed by atoms with Crippen LogP contribution < -0.4 is 14.8 Å². The number of imidazole rings is 1. The highest BCUT2D eigenvalue weighted by atomic mass is 16.5. The van der Waals surface area contributed by atoms with Gasteiger partial charge in [-0.05, 0) is 59.3 Å². The van der Waals surface area contributed by atoms with Gasteiger partial charge in [0.05, 0.1) is 18.1 Å². The van der Waals surface area contributed by atoms with Crippen LogP contribution in [-0.2, 0) is 4.79 Å². The Kier molecular flexibility index (Phi) is 5.17. The predicted octanol–water partition coefficient (Wildman–Crippen LogP) is 5.41. The van der Waals surface area contributed by atoms with E-state index in [9.17, 15) is 4.79 Å². The maximum absolute atomic E-state index is 12.3. The van der Waals surface area contributed by atoms with Crippen LogP contribution >= 0.6 is 0 Å². The third-order valence-electron chi connectivity index (χ3n) is 5.22. The molecule has 32 heavy (non-hydrogen) atoms. The molecule has 2 N–H and O–H groups in total. The van der Waals surface area contributed by atoms with E-state index in [1.54, 1.807) is 19.2 Å². The maximum Gasteiger partial charge on any atom is 0.262 e. The van der Waals surface area contributed by atoms with E-state index >= 15 is 0 Å². The van der Waals surface area contributed by atoms with Crippen LogP contribution in [-0.4, -0.2) is 29.6 Å². The molecule has 1 aromatic heterocycles. The number of anilines is 1. The number of fused-ring (bicyclic) bond motifs is 2. The third kappa shape index (κ3) is 3.98. The second kappa shape index (κ2) is 8.43. The fourth-order valence-electron chi connectivity index (χ4n) is 3.62. The van der Waals surface area contributed by atoms with Crippen LogP contribution in [0.5, 0.6) is 11.5 Å². The van der Waals surface area contributed by atoms with Crippen LogP contribution in [0.4, 0.5) is 5.69 Å². The van der Waals surface area contributed by atoms with Gasteiger partial charge in [-0.1, -0.05) is 36.4 Å². The summed E-state index contributed by atoms with van der Waals surface area (Å²) in [5.74, 6) is 1.65. The largest absolute Gasteiger partial charge is 0.493 e. The molecule has 0 radical (unpaired) electrons. The Morgan fingerprint density at radius 3 is 2.34 bits per heavy atom. The summed E-state index contributed by atoms with van der Waals surface area (Å²) in [6.07, 6.45) is 0. The highest BCUT2D eigenvalue weighted by Gasteiger charge is 2.09. The summed E-state index contributed by atoms with van der Waals surface area (Å²) in [6.45, 7) is -0.112. The number of para-hydroxylation sites is 2. The number of hydrogen-bond donors (Lipinski definition) is 2. The minimum Gasteiger partial charge on any atom is -0.493 e. The normalized spacial score (nSPS) is 10.9. The van der Waals surface area contributed by atoms with Gasteiger partial charge in [-0.25, -0.2) is 4.98 Å². The molecule has 0 fully saturated rings. The van der Waals surface area contributed by atoms with E-state index < -0.39 is 0 Å². The van der Waals surface area contributed by atoms with Crippen LogP contribution in [0, 0.1) is 0 Å². The lowest BCUT2D eigenvalue weighted by molar-refractivity contribution is -0.118. The van der Waals surface area contributed by atoms with Crippen molar-refractivity contribution in [3.05, 3.63) is 84.9 Å². The van der Waals surface area contributed by atoms with Crippen molar-refractivity contribution < 1.29 is 14.3 Å². The van der Waals surface area contributed by atoms with Crippen molar-refractivity contribution in [3.8, 4) is 22.9 Å². The molecule has 0 unspecified atom stereocenters. The number of carbonyl (C=O) groups is 1. The number of carbonyl (C=O) groups excluding carboxylic acids is 1. The van der Waals surface area contributed by atoms with Crippen molar-refractivity contribution in [2.45, 2.75) is 0 Å². The van der Waals surface area contributed by atoms with Gasteiger partial charge in [0.2, 0.25) is 0 Å².